The van der Waals surface area contributed by atoms with Crippen molar-refractivity contribution in [3.8, 4) is 11.5 Å². The molecule has 2 amide bonds. The van der Waals surface area contributed by atoms with Crippen molar-refractivity contribution < 1.29 is 27.8 Å². The van der Waals surface area contributed by atoms with Gasteiger partial charge in [0, 0.05) is 16.3 Å². The summed E-state index contributed by atoms with van der Waals surface area (Å²) in [6, 6.07) is 13.5. The van der Waals surface area contributed by atoms with Gasteiger partial charge in [0.2, 0.25) is 0 Å². The number of carbonyl (C=O) groups is 2. The maximum absolute atomic E-state index is 13.9. The summed E-state index contributed by atoms with van der Waals surface area (Å²) in [6.07, 6.45) is 0. The van der Waals surface area contributed by atoms with E-state index in [9.17, 15) is 18.4 Å². The van der Waals surface area contributed by atoms with Gasteiger partial charge in [-0.05, 0) is 60.7 Å². The van der Waals surface area contributed by atoms with Crippen LogP contribution in [-0.2, 0) is 4.79 Å². The normalized spacial score (nSPS) is 10.3. The SMILES string of the molecule is COc1cc(C(=O)Nc2ccc(Cl)cc2F)ccc1OCC(=O)Nc1ccc(F)cc1. The molecule has 3 aromatic rings. The Kier molecular flexibility index (Phi) is 7.04. The highest BCUT2D eigenvalue weighted by Crippen LogP contribution is 2.29. The molecular formula is C22H17ClF2N2O4. The molecule has 160 valence electrons. The molecule has 0 heterocycles. The maximum atomic E-state index is 13.9. The van der Waals surface area contributed by atoms with Crippen molar-refractivity contribution >= 4 is 34.8 Å². The van der Waals surface area contributed by atoms with E-state index in [0.717, 1.165) is 6.07 Å². The Morgan fingerprint density at radius 3 is 2.35 bits per heavy atom. The molecule has 6 nitrogen and oxygen atoms in total. The number of ether oxygens (including phenoxy) is 2. The number of anilines is 2. The second kappa shape index (κ2) is 9.90. The van der Waals surface area contributed by atoms with E-state index in [1.54, 1.807) is 0 Å². The molecule has 0 spiro atoms. The number of methoxy groups -OCH3 is 1. The van der Waals surface area contributed by atoms with E-state index in [2.05, 4.69) is 10.6 Å². The summed E-state index contributed by atoms with van der Waals surface area (Å²) >= 11 is 5.70. The van der Waals surface area contributed by atoms with Crippen LogP contribution in [0.25, 0.3) is 0 Å². The average molecular weight is 447 g/mol. The van der Waals surface area contributed by atoms with Crippen LogP contribution in [-0.4, -0.2) is 25.5 Å². The van der Waals surface area contributed by atoms with Crippen LogP contribution in [0.15, 0.2) is 60.7 Å². The minimum atomic E-state index is -0.667. The molecule has 0 saturated heterocycles. The standard InChI is InChI=1S/C22H17ClF2N2O4/c1-30-20-10-13(22(29)27-18-8-3-14(23)11-17(18)25)2-9-19(20)31-12-21(28)26-16-6-4-15(24)5-7-16/h2-11H,12H2,1H3,(H,26,28)(H,27,29). The van der Waals surface area contributed by atoms with Gasteiger partial charge in [0.05, 0.1) is 12.8 Å². The molecule has 0 fully saturated rings. The Morgan fingerprint density at radius 1 is 0.935 bits per heavy atom. The maximum Gasteiger partial charge on any atom is 0.262 e. The van der Waals surface area contributed by atoms with Crippen LogP contribution in [0.4, 0.5) is 20.2 Å². The van der Waals surface area contributed by atoms with Gasteiger partial charge < -0.3 is 20.1 Å². The van der Waals surface area contributed by atoms with Crippen LogP contribution in [0.3, 0.4) is 0 Å². The predicted molar refractivity (Wildman–Crippen MR) is 113 cm³/mol. The molecule has 31 heavy (non-hydrogen) atoms. The van der Waals surface area contributed by atoms with Crippen LogP contribution in [0.1, 0.15) is 10.4 Å². The fourth-order valence-corrected chi connectivity index (χ4v) is 2.75. The topological polar surface area (TPSA) is 76.7 Å². The van der Waals surface area contributed by atoms with Crippen molar-refractivity contribution in [3.63, 3.8) is 0 Å². The van der Waals surface area contributed by atoms with E-state index in [4.69, 9.17) is 21.1 Å². The number of hydrogen-bond acceptors (Lipinski definition) is 4. The lowest BCUT2D eigenvalue weighted by molar-refractivity contribution is -0.118. The number of rotatable bonds is 7. The van der Waals surface area contributed by atoms with Gasteiger partial charge in [-0.25, -0.2) is 8.78 Å². The van der Waals surface area contributed by atoms with Gasteiger partial charge in [0.1, 0.15) is 11.6 Å². The number of benzene rings is 3. The first-order valence-electron chi connectivity index (χ1n) is 8.98. The summed E-state index contributed by atoms with van der Waals surface area (Å²) < 4.78 is 37.5. The van der Waals surface area contributed by atoms with Crippen molar-refractivity contribution in [2.24, 2.45) is 0 Å². The molecule has 0 aliphatic carbocycles. The first-order valence-corrected chi connectivity index (χ1v) is 9.36. The molecule has 0 unspecified atom stereocenters. The monoisotopic (exact) mass is 446 g/mol. The Balaban J connectivity index is 1.64. The Bertz CT molecular complexity index is 1110. The lowest BCUT2D eigenvalue weighted by Gasteiger charge is -2.13. The van der Waals surface area contributed by atoms with Crippen LogP contribution in [0, 0.1) is 11.6 Å². The van der Waals surface area contributed by atoms with Crippen LogP contribution in [0.2, 0.25) is 5.02 Å². The van der Waals surface area contributed by atoms with E-state index < -0.39 is 23.4 Å². The summed E-state index contributed by atoms with van der Waals surface area (Å²) in [5, 5.41) is 5.22. The van der Waals surface area contributed by atoms with E-state index in [-0.39, 0.29) is 34.4 Å². The minimum Gasteiger partial charge on any atom is -0.493 e. The predicted octanol–water partition coefficient (Wildman–Crippen LogP) is 4.90. The molecule has 3 aromatic carbocycles. The summed E-state index contributed by atoms with van der Waals surface area (Å²) in [5.41, 5.74) is 0.587. The van der Waals surface area contributed by atoms with Gasteiger partial charge in [-0.15, -0.1) is 0 Å². The van der Waals surface area contributed by atoms with Crippen molar-refractivity contribution in [2.75, 3.05) is 24.4 Å². The van der Waals surface area contributed by atoms with Gasteiger partial charge in [-0.3, -0.25) is 9.59 Å². The van der Waals surface area contributed by atoms with Crippen molar-refractivity contribution in [1.82, 2.24) is 0 Å². The van der Waals surface area contributed by atoms with Crippen LogP contribution < -0.4 is 20.1 Å². The molecule has 9 heteroatoms. The lowest BCUT2D eigenvalue weighted by atomic mass is 10.1. The quantitative estimate of drug-likeness (QED) is 0.541. The molecule has 0 aliphatic rings. The summed E-state index contributed by atoms with van der Waals surface area (Å²) in [6.45, 7) is -0.338. The average Bonchev–Trinajstić information content (AvgIpc) is 2.75. The van der Waals surface area contributed by atoms with E-state index in [1.807, 2.05) is 0 Å². The van der Waals surface area contributed by atoms with Crippen molar-refractivity contribution in [2.45, 2.75) is 0 Å². The summed E-state index contributed by atoms with van der Waals surface area (Å²) in [4.78, 5) is 24.5. The van der Waals surface area contributed by atoms with Gasteiger partial charge >= 0.3 is 0 Å². The number of halogens is 3. The molecule has 3 rings (SSSR count). The van der Waals surface area contributed by atoms with Crippen LogP contribution >= 0.6 is 11.6 Å². The third-order valence-electron chi connectivity index (χ3n) is 4.09. The molecule has 2 N–H and O–H groups in total. The number of carbonyl (C=O) groups excluding carboxylic acids is 2. The summed E-state index contributed by atoms with van der Waals surface area (Å²) in [5.74, 6) is -1.68. The number of hydrogen-bond donors (Lipinski definition) is 2. The molecule has 0 aliphatic heterocycles. The molecular weight excluding hydrogens is 430 g/mol. The Morgan fingerprint density at radius 2 is 1.68 bits per heavy atom. The zero-order valence-corrected chi connectivity index (χ0v) is 17.0. The molecule has 0 aromatic heterocycles. The van der Waals surface area contributed by atoms with Crippen molar-refractivity contribution in [3.05, 3.63) is 82.9 Å². The minimum absolute atomic E-state index is 0.0221. The molecule has 0 radical (unpaired) electrons. The fourth-order valence-electron chi connectivity index (χ4n) is 2.59. The van der Waals surface area contributed by atoms with E-state index in [1.165, 1.54) is 61.7 Å². The Labute approximate surface area is 181 Å². The Hall–Kier alpha value is -3.65. The zero-order valence-electron chi connectivity index (χ0n) is 16.2. The zero-order chi connectivity index (χ0) is 22.4. The molecule has 0 atom stereocenters. The van der Waals surface area contributed by atoms with E-state index in [0.29, 0.717) is 5.69 Å². The molecule has 0 saturated carbocycles. The van der Waals surface area contributed by atoms with Gasteiger partial charge in [-0.2, -0.15) is 0 Å². The number of amides is 2. The summed E-state index contributed by atoms with van der Waals surface area (Å²) in [7, 11) is 1.38. The second-order valence-electron chi connectivity index (χ2n) is 6.29. The third-order valence-corrected chi connectivity index (χ3v) is 4.33. The van der Waals surface area contributed by atoms with E-state index >= 15 is 0 Å². The highest BCUT2D eigenvalue weighted by molar-refractivity contribution is 6.30. The highest BCUT2D eigenvalue weighted by Gasteiger charge is 2.14. The van der Waals surface area contributed by atoms with Gasteiger partial charge in [0.25, 0.3) is 11.8 Å². The lowest BCUT2D eigenvalue weighted by Crippen LogP contribution is -2.20. The molecule has 0 bridgehead atoms. The first kappa shape index (κ1) is 22.0. The fraction of sp³-hybridized carbons (Fsp3) is 0.0909. The largest absolute Gasteiger partial charge is 0.493 e. The highest BCUT2D eigenvalue weighted by atomic mass is 35.5. The van der Waals surface area contributed by atoms with Gasteiger partial charge in [-0.1, -0.05) is 11.6 Å². The number of nitrogens with one attached hydrogen (secondary N) is 2. The van der Waals surface area contributed by atoms with Crippen molar-refractivity contribution in [1.29, 1.82) is 0 Å². The second-order valence-corrected chi connectivity index (χ2v) is 6.72. The first-order chi connectivity index (χ1) is 14.9. The van der Waals surface area contributed by atoms with Gasteiger partial charge in [0.15, 0.2) is 18.1 Å². The third kappa shape index (κ3) is 5.93. The smallest absolute Gasteiger partial charge is 0.262 e. The van der Waals surface area contributed by atoms with Crippen LogP contribution in [0.5, 0.6) is 11.5 Å².